The first-order valence-corrected chi connectivity index (χ1v) is 18.8. The first-order valence-electron chi connectivity index (χ1n) is 18.8. The van der Waals surface area contributed by atoms with E-state index in [-0.39, 0.29) is 12.0 Å². The van der Waals surface area contributed by atoms with Crippen LogP contribution in [0.4, 0.5) is 0 Å². The minimum atomic E-state index is 0.116. The van der Waals surface area contributed by atoms with Crippen LogP contribution < -0.4 is 0 Å². The van der Waals surface area contributed by atoms with E-state index < -0.39 is 0 Å². The molecule has 1 aliphatic heterocycles. The molecule has 5 aromatic carbocycles. The Bertz CT molecular complexity index is 2530. The molecule has 0 bridgehead atoms. The summed E-state index contributed by atoms with van der Waals surface area (Å²) in [6.45, 7) is 4.46. The molecule has 3 atom stereocenters. The Labute approximate surface area is 313 Å². The zero-order valence-electron chi connectivity index (χ0n) is 30.3. The normalized spacial score (nSPS) is 19.1. The zero-order valence-corrected chi connectivity index (χ0v) is 30.3. The number of nitrogens with zero attached hydrogens (tertiary/aromatic N) is 2. The molecule has 2 heterocycles. The summed E-state index contributed by atoms with van der Waals surface area (Å²) in [5, 5.41) is 1.18. The Balaban J connectivity index is 1.05. The van der Waals surface area contributed by atoms with Gasteiger partial charge in [0, 0.05) is 33.9 Å². The smallest absolute Gasteiger partial charge is 0.0819 e. The first kappa shape index (κ1) is 32.8. The van der Waals surface area contributed by atoms with Gasteiger partial charge in [-0.2, -0.15) is 0 Å². The van der Waals surface area contributed by atoms with Gasteiger partial charge < -0.3 is 0 Å². The minimum absolute atomic E-state index is 0.116. The van der Waals surface area contributed by atoms with E-state index in [9.17, 15) is 0 Å². The molecule has 256 valence electrons. The number of allylic oxidation sites excluding steroid dienone is 6. The fourth-order valence-corrected chi connectivity index (χ4v) is 8.29. The van der Waals surface area contributed by atoms with E-state index in [1.54, 1.807) is 0 Å². The van der Waals surface area contributed by atoms with Crippen LogP contribution in [0.3, 0.4) is 0 Å². The lowest BCUT2D eigenvalue weighted by atomic mass is 9.80. The van der Waals surface area contributed by atoms with Gasteiger partial charge in [-0.3, -0.25) is 9.98 Å². The molecule has 0 radical (unpaired) electrons. The molecule has 9 rings (SSSR count). The quantitative estimate of drug-likeness (QED) is 0.165. The van der Waals surface area contributed by atoms with Crippen molar-refractivity contribution in [2.45, 2.75) is 38.6 Å². The number of aromatic nitrogens is 1. The standard InChI is InChI=1S/C51H42N2/c1-34-14-9-10-21-44(34)49-48(38-18-7-4-8-19-38)45-22-11-12-23-47(45)53-51(49)43-29-27-40-32-42(28-26-41(40)33-43)46-31-30-39-25-24-37(35(2)50(39)52-46)20-13-17-36-15-5-3-6-16-36/h3-16,18-32,39,43,50H,17,33H2,1-2H3/b20-13-. The van der Waals surface area contributed by atoms with Gasteiger partial charge in [0.05, 0.1) is 23.0 Å². The van der Waals surface area contributed by atoms with E-state index in [0.29, 0.717) is 5.92 Å². The summed E-state index contributed by atoms with van der Waals surface area (Å²) in [6, 6.07) is 45.9. The molecule has 0 amide bonds. The number of fused-ring (bicyclic) bond motifs is 3. The number of dihydropyridines is 1. The highest BCUT2D eigenvalue weighted by Crippen LogP contribution is 2.45. The molecule has 1 aromatic heterocycles. The highest BCUT2D eigenvalue weighted by molar-refractivity contribution is 6.10. The molecule has 6 aromatic rings. The van der Waals surface area contributed by atoms with E-state index in [2.05, 4.69) is 190 Å². The third-order valence-electron chi connectivity index (χ3n) is 11.1. The van der Waals surface area contributed by atoms with E-state index >= 15 is 0 Å². The van der Waals surface area contributed by atoms with Crippen molar-refractivity contribution in [3.8, 4) is 22.3 Å². The summed E-state index contributed by atoms with van der Waals surface area (Å²) in [4.78, 5) is 10.8. The summed E-state index contributed by atoms with van der Waals surface area (Å²) in [6.07, 6.45) is 20.2. The van der Waals surface area contributed by atoms with Crippen LogP contribution in [0.2, 0.25) is 0 Å². The van der Waals surface area contributed by atoms with Crippen LogP contribution in [0.5, 0.6) is 0 Å². The highest BCUT2D eigenvalue weighted by atomic mass is 14.8. The molecule has 0 spiro atoms. The molecule has 0 saturated heterocycles. The zero-order chi connectivity index (χ0) is 35.7. The maximum atomic E-state index is 5.46. The van der Waals surface area contributed by atoms with Crippen LogP contribution >= 0.6 is 0 Å². The second-order valence-corrected chi connectivity index (χ2v) is 14.5. The summed E-state index contributed by atoms with van der Waals surface area (Å²) >= 11 is 0. The Morgan fingerprint density at radius 2 is 1.43 bits per heavy atom. The maximum Gasteiger partial charge on any atom is 0.0819 e. The predicted molar refractivity (Wildman–Crippen MR) is 223 cm³/mol. The summed E-state index contributed by atoms with van der Waals surface area (Å²) in [5.74, 6) is 0.430. The van der Waals surface area contributed by atoms with Gasteiger partial charge in [-0.05, 0) is 89.4 Å². The van der Waals surface area contributed by atoms with Gasteiger partial charge in [-0.1, -0.05) is 158 Å². The fraction of sp³-hybridized carbons (Fsp3) is 0.137. The topological polar surface area (TPSA) is 25.2 Å². The molecular formula is C51H42N2. The Hall–Kier alpha value is -6.12. The van der Waals surface area contributed by atoms with E-state index in [0.717, 1.165) is 29.8 Å². The Morgan fingerprint density at radius 3 is 2.28 bits per heavy atom. The average Bonchev–Trinajstić information content (AvgIpc) is 3.21. The lowest BCUT2D eigenvalue weighted by Crippen LogP contribution is -2.25. The van der Waals surface area contributed by atoms with Crippen molar-refractivity contribution >= 4 is 22.7 Å². The second kappa shape index (κ2) is 14.1. The minimum Gasteiger partial charge on any atom is -0.276 e. The van der Waals surface area contributed by atoms with Crippen molar-refractivity contribution in [1.29, 1.82) is 0 Å². The van der Waals surface area contributed by atoms with Gasteiger partial charge in [0.1, 0.15) is 0 Å². The Kier molecular flexibility index (Phi) is 8.73. The SMILES string of the molecule is CC1=C(/C=C\Cc2ccccc2)C=CC2C=CC(c3ccc4c(c3)C=CC(c3nc5ccccc5c(-c5ccccc5)c3-c3ccccc3C)C4)=NC12. The van der Waals surface area contributed by atoms with E-state index in [4.69, 9.17) is 9.98 Å². The molecule has 2 aliphatic carbocycles. The summed E-state index contributed by atoms with van der Waals surface area (Å²) in [5.41, 5.74) is 17.1. The van der Waals surface area contributed by atoms with E-state index in [1.807, 2.05) is 0 Å². The van der Waals surface area contributed by atoms with Gasteiger partial charge >= 0.3 is 0 Å². The van der Waals surface area contributed by atoms with Crippen LogP contribution in [0.1, 0.15) is 46.4 Å². The number of pyridine rings is 1. The van der Waals surface area contributed by atoms with Crippen LogP contribution in [-0.4, -0.2) is 16.7 Å². The number of hydrogen-bond donors (Lipinski definition) is 0. The molecule has 0 N–H and O–H groups in total. The number of rotatable bonds is 7. The number of hydrogen-bond acceptors (Lipinski definition) is 2. The molecule has 0 fully saturated rings. The molecular weight excluding hydrogens is 641 g/mol. The van der Waals surface area contributed by atoms with Crippen molar-refractivity contribution in [1.82, 2.24) is 4.98 Å². The lowest BCUT2D eigenvalue weighted by Gasteiger charge is -2.29. The van der Waals surface area contributed by atoms with Crippen molar-refractivity contribution in [3.63, 3.8) is 0 Å². The largest absolute Gasteiger partial charge is 0.276 e. The number of para-hydroxylation sites is 1. The molecule has 2 nitrogen and oxygen atoms in total. The monoisotopic (exact) mass is 682 g/mol. The lowest BCUT2D eigenvalue weighted by molar-refractivity contribution is 0.642. The third-order valence-corrected chi connectivity index (χ3v) is 11.1. The Morgan fingerprint density at radius 1 is 0.679 bits per heavy atom. The molecule has 2 heteroatoms. The van der Waals surface area contributed by atoms with Crippen molar-refractivity contribution in [2.24, 2.45) is 10.9 Å². The highest BCUT2D eigenvalue weighted by Gasteiger charge is 2.28. The number of aryl methyl sites for hydroxylation is 1. The van der Waals surface area contributed by atoms with E-state index in [1.165, 1.54) is 66.6 Å². The summed E-state index contributed by atoms with van der Waals surface area (Å²) < 4.78 is 0. The van der Waals surface area contributed by atoms with Crippen LogP contribution in [0.25, 0.3) is 39.2 Å². The molecule has 3 aliphatic rings. The van der Waals surface area contributed by atoms with Crippen LogP contribution in [0.15, 0.2) is 186 Å². The number of aliphatic imine (C=N–C) groups is 1. The maximum absolute atomic E-state index is 5.46. The summed E-state index contributed by atoms with van der Waals surface area (Å²) in [7, 11) is 0. The van der Waals surface area contributed by atoms with Gasteiger partial charge in [-0.25, -0.2) is 0 Å². The third kappa shape index (κ3) is 6.36. The van der Waals surface area contributed by atoms with Crippen molar-refractivity contribution in [2.75, 3.05) is 0 Å². The molecule has 3 unspecified atom stereocenters. The first-order chi connectivity index (χ1) is 26.1. The van der Waals surface area contributed by atoms with Gasteiger partial charge in [0.15, 0.2) is 0 Å². The van der Waals surface area contributed by atoms with Gasteiger partial charge in [0.25, 0.3) is 0 Å². The average molecular weight is 683 g/mol. The van der Waals surface area contributed by atoms with Gasteiger partial charge in [-0.15, -0.1) is 0 Å². The van der Waals surface area contributed by atoms with Crippen LogP contribution in [0, 0.1) is 12.8 Å². The molecule has 53 heavy (non-hydrogen) atoms. The fourth-order valence-electron chi connectivity index (χ4n) is 8.29. The van der Waals surface area contributed by atoms with Crippen molar-refractivity contribution < 1.29 is 0 Å². The van der Waals surface area contributed by atoms with Gasteiger partial charge in [0.2, 0.25) is 0 Å². The van der Waals surface area contributed by atoms with Crippen LogP contribution in [-0.2, 0) is 12.8 Å². The molecule has 0 saturated carbocycles. The number of benzene rings is 5. The second-order valence-electron chi connectivity index (χ2n) is 14.5. The predicted octanol–water partition coefficient (Wildman–Crippen LogP) is 12.3. The van der Waals surface area contributed by atoms with Crippen molar-refractivity contribution in [3.05, 3.63) is 215 Å².